The molecule has 2 rings (SSSR count). The second kappa shape index (κ2) is 5.34. The maximum atomic E-state index is 13.8. The van der Waals surface area contributed by atoms with Crippen LogP contribution in [0.15, 0.2) is 0 Å². The standard InChI is InChI=1S/C12H3F9Si/c13-3-1(4(14)8(18)10(20)7(3)17)2-5(15)9(19)11(21)12(22)6(2)16/h22H3. The Morgan fingerprint density at radius 1 is 0.364 bits per heavy atom. The van der Waals surface area contributed by atoms with Crippen molar-refractivity contribution in [1.82, 2.24) is 0 Å². The van der Waals surface area contributed by atoms with Crippen molar-refractivity contribution in [3.8, 4) is 11.1 Å². The lowest BCUT2D eigenvalue weighted by Crippen LogP contribution is -2.21. The number of halogens is 9. The zero-order chi connectivity index (χ0) is 16.9. The Morgan fingerprint density at radius 2 is 0.636 bits per heavy atom. The number of hydrogen-bond acceptors (Lipinski definition) is 0. The van der Waals surface area contributed by atoms with Gasteiger partial charge in [-0.1, -0.05) is 0 Å². The first-order valence-electron chi connectivity index (χ1n) is 5.45. The molecule has 118 valence electrons. The van der Waals surface area contributed by atoms with Gasteiger partial charge in [0.2, 0.25) is 5.82 Å². The van der Waals surface area contributed by atoms with Crippen LogP contribution < -0.4 is 5.19 Å². The van der Waals surface area contributed by atoms with Crippen LogP contribution in [-0.4, -0.2) is 10.2 Å². The van der Waals surface area contributed by atoms with Gasteiger partial charge in [0.1, 0.15) is 5.82 Å². The van der Waals surface area contributed by atoms with Crippen LogP contribution in [0.3, 0.4) is 0 Å². The summed E-state index contributed by atoms with van der Waals surface area (Å²) in [5, 5.41) is -1.04. The SMILES string of the molecule is Fc1c(F)c(F)c(-c2c(F)c(F)c(F)c([SiH3])c2F)c(F)c1F. The van der Waals surface area contributed by atoms with Gasteiger partial charge in [-0.15, -0.1) is 0 Å². The molecule has 0 N–H and O–H groups in total. The molecule has 10 heteroatoms. The summed E-state index contributed by atoms with van der Waals surface area (Å²) in [6.07, 6.45) is 0. The van der Waals surface area contributed by atoms with Gasteiger partial charge in [0.05, 0.1) is 11.1 Å². The summed E-state index contributed by atoms with van der Waals surface area (Å²) in [5.74, 6) is -21.1. The third kappa shape index (κ3) is 2.09. The lowest BCUT2D eigenvalue weighted by atomic mass is 10.0. The highest BCUT2D eigenvalue weighted by Gasteiger charge is 2.33. The van der Waals surface area contributed by atoms with Crippen molar-refractivity contribution in [2.45, 2.75) is 0 Å². The van der Waals surface area contributed by atoms with E-state index >= 15 is 0 Å². The van der Waals surface area contributed by atoms with Gasteiger partial charge >= 0.3 is 0 Å². The molecular weight excluding hydrogens is 343 g/mol. The number of hydrogen-bond donors (Lipinski definition) is 0. The highest BCUT2D eigenvalue weighted by molar-refractivity contribution is 6.33. The molecule has 0 spiro atoms. The smallest absolute Gasteiger partial charge is 0.200 e. The summed E-state index contributed by atoms with van der Waals surface area (Å²) in [6, 6.07) is 0. The first-order chi connectivity index (χ1) is 10.1. The van der Waals surface area contributed by atoms with Crippen LogP contribution >= 0.6 is 0 Å². The maximum Gasteiger partial charge on any atom is 0.200 e. The van der Waals surface area contributed by atoms with Gasteiger partial charge in [-0.25, -0.2) is 39.5 Å². The fourth-order valence-corrected chi connectivity index (χ4v) is 2.26. The van der Waals surface area contributed by atoms with E-state index < -0.39 is 78.9 Å². The van der Waals surface area contributed by atoms with Crippen molar-refractivity contribution >= 4 is 15.4 Å². The Kier molecular flexibility index (Phi) is 3.98. The fourth-order valence-electron chi connectivity index (χ4n) is 1.79. The molecule has 2 aromatic rings. The van der Waals surface area contributed by atoms with E-state index in [-0.39, 0.29) is 0 Å². The Hall–Kier alpha value is -1.97. The van der Waals surface area contributed by atoms with Gasteiger partial charge in [0.25, 0.3) is 0 Å². The predicted octanol–water partition coefficient (Wildman–Crippen LogP) is 2.60. The van der Waals surface area contributed by atoms with E-state index in [1.165, 1.54) is 0 Å². The summed E-state index contributed by atoms with van der Waals surface area (Å²) >= 11 is 0. The lowest BCUT2D eigenvalue weighted by Gasteiger charge is -2.13. The van der Waals surface area contributed by atoms with Crippen LogP contribution in [0.4, 0.5) is 39.5 Å². The third-order valence-electron chi connectivity index (χ3n) is 2.94. The van der Waals surface area contributed by atoms with Crippen LogP contribution in [0, 0.1) is 52.4 Å². The molecule has 0 heterocycles. The average Bonchev–Trinajstić information content (AvgIpc) is 2.50. The molecule has 2 aromatic carbocycles. The van der Waals surface area contributed by atoms with Crippen molar-refractivity contribution in [2.75, 3.05) is 0 Å². The molecule has 0 aliphatic heterocycles. The molecule has 22 heavy (non-hydrogen) atoms. The normalized spacial score (nSPS) is 11.3. The van der Waals surface area contributed by atoms with Gasteiger partial charge in [0.15, 0.2) is 40.7 Å². The first kappa shape index (κ1) is 16.4. The molecule has 0 aliphatic rings. The van der Waals surface area contributed by atoms with E-state index in [9.17, 15) is 39.5 Å². The molecule has 0 amide bonds. The molecule has 0 aliphatic carbocycles. The molecule has 0 nitrogen and oxygen atoms in total. The van der Waals surface area contributed by atoms with Crippen molar-refractivity contribution in [3.05, 3.63) is 52.4 Å². The number of benzene rings is 2. The zero-order valence-electron chi connectivity index (χ0n) is 10.4. The molecule has 0 saturated heterocycles. The van der Waals surface area contributed by atoms with Gasteiger partial charge in [-0.05, 0) is 0 Å². The Labute approximate surface area is 119 Å². The van der Waals surface area contributed by atoms with Crippen LogP contribution in [0.2, 0.25) is 0 Å². The first-order valence-corrected chi connectivity index (χ1v) is 6.45. The molecular formula is C12H3F9Si. The van der Waals surface area contributed by atoms with Crippen molar-refractivity contribution in [2.24, 2.45) is 0 Å². The van der Waals surface area contributed by atoms with E-state index in [0.29, 0.717) is 0 Å². The molecule has 0 radical (unpaired) electrons. The Morgan fingerprint density at radius 3 is 1.05 bits per heavy atom. The van der Waals surface area contributed by atoms with E-state index in [4.69, 9.17) is 0 Å². The zero-order valence-corrected chi connectivity index (χ0v) is 12.4. The van der Waals surface area contributed by atoms with Crippen molar-refractivity contribution in [1.29, 1.82) is 0 Å². The quantitative estimate of drug-likeness (QED) is 0.322. The Bertz CT molecular complexity index is 675. The molecule has 0 unspecified atom stereocenters. The average molecular weight is 346 g/mol. The molecule has 0 saturated carbocycles. The third-order valence-corrected chi connectivity index (χ3v) is 3.82. The summed E-state index contributed by atoms with van der Waals surface area (Å²) in [5.41, 5.74) is -3.85. The van der Waals surface area contributed by atoms with Crippen LogP contribution in [0.1, 0.15) is 0 Å². The second-order valence-corrected chi connectivity index (χ2v) is 5.20. The largest absolute Gasteiger partial charge is 0.206 e. The summed E-state index contributed by atoms with van der Waals surface area (Å²) in [7, 11) is -0.548. The number of rotatable bonds is 1. The van der Waals surface area contributed by atoms with Gasteiger partial charge < -0.3 is 0 Å². The lowest BCUT2D eigenvalue weighted by molar-refractivity contribution is 0.379. The predicted molar refractivity (Wildman–Crippen MR) is 61.1 cm³/mol. The summed E-state index contributed by atoms with van der Waals surface area (Å²) < 4.78 is 120. The van der Waals surface area contributed by atoms with E-state index in [1.807, 2.05) is 0 Å². The highest BCUT2D eigenvalue weighted by Crippen LogP contribution is 2.35. The van der Waals surface area contributed by atoms with E-state index in [0.717, 1.165) is 0 Å². The summed E-state index contributed by atoms with van der Waals surface area (Å²) in [4.78, 5) is 0. The second-order valence-electron chi connectivity index (χ2n) is 4.20. The Balaban J connectivity index is 3.03. The van der Waals surface area contributed by atoms with Gasteiger partial charge in [-0.3, -0.25) is 0 Å². The summed E-state index contributed by atoms with van der Waals surface area (Å²) in [6.45, 7) is 0. The van der Waals surface area contributed by atoms with E-state index in [2.05, 4.69) is 0 Å². The maximum absolute atomic E-state index is 13.8. The highest BCUT2D eigenvalue weighted by atomic mass is 28.1. The minimum absolute atomic E-state index is 0.548. The minimum Gasteiger partial charge on any atom is -0.206 e. The van der Waals surface area contributed by atoms with Crippen molar-refractivity contribution < 1.29 is 39.5 Å². The van der Waals surface area contributed by atoms with E-state index in [1.54, 1.807) is 0 Å². The molecule has 0 aromatic heterocycles. The topological polar surface area (TPSA) is 0 Å². The fraction of sp³-hybridized carbons (Fsp3) is 0. The minimum atomic E-state index is -2.55. The van der Waals surface area contributed by atoms with Crippen LogP contribution in [0.25, 0.3) is 11.1 Å². The van der Waals surface area contributed by atoms with Gasteiger partial charge in [0, 0.05) is 15.4 Å². The molecule has 0 bridgehead atoms. The van der Waals surface area contributed by atoms with Crippen molar-refractivity contribution in [3.63, 3.8) is 0 Å². The monoisotopic (exact) mass is 346 g/mol. The van der Waals surface area contributed by atoms with Gasteiger partial charge in [-0.2, -0.15) is 0 Å². The molecule has 0 fully saturated rings. The van der Waals surface area contributed by atoms with Crippen LogP contribution in [0.5, 0.6) is 0 Å². The molecule has 0 atom stereocenters. The van der Waals surface area contributed by atoms with Crippen LogP contribution in [-0.2, 0) is 0 Å².